The molecule has 0 atom stereocenters. The summed E-state index contributed by atoms with van der Waals surface area (Å²) in [5.74, 6) is 0.421. The van der Waals surface area contributed by atoms with Crippen LogP contribution in [0.25, 0.3) is 0 Å². The van der Waals surface area contributed by atoms with Crippen molar-refractivity contribution in [3.05, 3.63) is 41.2 Å². The second-order valence-electron chi connectivity index (χ2n) is 6.09. The second-order valence-corrected chi connectivity index (χ2v) is 6.09. The predicted molar refractivity (Wildman–Crippen MR) is 94.5 cm³/mol. The minimum absolute atomic E-state index is 0.0546. The Kier molecular flexibility index (Phi) is 7.01. The molecule has 1 aromatic carbocycles. The van der Waals surface area contributed by atoms with Crippen molar-refractivity contribution in [2.24, 2.45) is 11.1 Å². The smallest absolute Gasteiger partial charge is 0.373 e. The Balaban J connectivity index is 2.11. The molecule has 6 heteroatoms. The molecule has 0 heterocycles. The van der Waals surface area contributed by atoms with Crippen LogP contribution >= 0.6 is 0 Å². The summed E-state index contributed by atoms with van der Waals surface area (Å²) < 4.78 is 10.3. The van der Waals surface area contributed by atoms with E-state index in [9.17, 15) is 4.79 Å². The number of aliphatic hydroxyl groups is 1. The lowest BCUT2D eigenvalue weighted by Crippen LogP contribution is -2.16. The van der Waals surface area contributed by atoms with Crippen LogP contribution < -0.4 is 4.74 Å². The predicted octanol–water partition coefficient (Wildman–Crippen LogP) is 2.96. The number of oxime groups is 1. The molecule has 1 fully saturated rings. The minimum Gasteiger partial charge on any atom is -0.463 e. The monoisotopic (exact) mass is 347 g/mol. The van der Waals surface area contributed by atoms with Gasteiger partial charge in [0.2, 0.25) is 5.76 Å². The van der Waals surface area contributed by atoms with E-state index >= 15 is 0 Å². The van der Waals surface area contributed by atoms with Gasteiger partial charge in [-0.1, -0.05) is 23.7 Å². The van der Waals surface area contributed by atoms with Crippen molar-refractivity contribution in [1.82, 2.24) is 0 Å². The number of esters is 1. The third kappa shape index (κ3) is 5.32. The Morgan fingerprint density at radius 2 is 2.16 bits per heavy atom. The highest BCUT2D eigenvalue weighted by molar-refractivity contribution is 5.98. The van der Waals surface area contributed by atoms with Gasteiger partial charge < -0.3 is 19.4 Å². The number of nitrogens with zero attached hydrogens (tertiary/aromatic N) is 1. The summed E-state index contributed by atoms with van der Waals surface area (Å²) in [5.41, 5.74) is 2.41. The molecule has 1 N–H and O–H groups in total. The Morgan fingerprint density at radius 1 is 1.40 bits per heavy atom. The molecule has 0 aliphatic heterocycles. The van der Waals surface area contributed by atoms with Crippen LogP contribution in [-0.2, 0) is 14.4 Å². The summed E-state index contributed by atoms with van der Waals surface area (Å²) in [6.45, 7) is 4.06. The largest absolute Gasteiger partial charge is 0.463 e. The highest BCUT2D eigenvalue weighted by Gasteiger charge is 2.18. The van der Waals surface area contributed by atoms with E-state index in [0.29, 0.717) is 18.3 Å². The van der Waals surface area contributed by atoms with Gasteiger partial charge in [0.15, 0.2) is 0 Å². The fourth-order valence-corrected chi connectivity index (χ4v) is 2.36. The Morgan fingerprint density at radius 3 is 2.76 bits per heavy atom. The Bertz CT molecular complexity index is 662. The van der Waals surface area contributed by atoms with Gasteiger partial charge in [-0.05, 0) is 50.3 Å². The standard InChI is InChI=1S/C19H25NO5/c1-13-7-8-16(14(2)20-24-12-15-5-4-6-15)11-18(13)25-17(9-10-21)19(22)23-3/h7-9,11,15,21H,4-6,10,12H2,1-3H3/b17-9-,20-14+. The average molecular weight is 347 g/mol. The fraction of sp³-hybridized carbons (Fsp3) is 0.474. The Hall–Kier alpha value is -2.34. The molecule has 0 saturated heterocycles. The number of benzene rings is 1. The van der Waals surface area contributed by atoms with E-state index in [4.69, 9.17) is 14.7 Å². The van der Waals surface area contributed by atoms with Crippen LogP contribution in [-0.4, -0.2) is 37.1 Å². The minimum atomic E-state index is -0.645. The van der Waals surface area contributed by atoms with Gasteiger partial charge >= 0.3 is 5.97 Å². The zero-order valence-corrected chi connectivity index (χ0v) is 14.9. The van der Waals surface area contributed by atoms with Crippen molar-refractivity contribution in [2.45, 2.75) is 33.1 Å². The first kappa shape index (κ1) is 19.0. The number of methoxy groups -OCH3 is 1. The number of carbonyl (C=O) groups excluding carboxylic acids is 1. The molecule has 25 heavy (non-hydrogen) atoms. The van der Waals surface area contributed by atoms with Gasteiger partial charge in [-0.25, -0.2) is 4.79 Å². The van der Waals surface area contributed by atoms with Crippen LogP contribution in [0.1, 0.15) is 37.3 Å². The normalized spacial score (nSPS) is 15.5. The Labute approximate surface area is 148 Å². The molecule has 1 aliphatic rings. The number of rotatable bonds is 8. The molecule has 6 nitrogen and oxygen atoms in total. The van der Waals surface area contributed by atoms with Crippen LogP contribution in [0.2, 0.25) is 0 Å². The van der Waals surface area contributed by atoms with E-state index in [1.807, 2.05) is 26.0 Å². The molecule has 2 rings (SSSR count). The van der Waals surface area contributed by atoms with Crippen molar-refractivity contribution in [3.63, 3.8) is 0 Å². The summed E-state index contributed by atoms with van der Waals surface area (Å²) in [4.78, 5) is 17.1. The van der Waals surface area contributed by atoms with Gasteiger partial charge in [-0.2, -0.15) is 0 Å². The second kappa shape index (κ2) is 9.22. The number of hydrogen-bond acceptors (Lipinski definition) is 6. The first-order valence-electron chi connectivity index (χ1n) is 8.40. The van der Waals surface area contributed by atoms with Gasteiger partial charge in [-0.3, -0.25) is 0 Å². The zero-order valence-electron chi connectivity index (χ0n) is 14.9. The highest BCUT2D eigenvalue weighted by Crippen LogP contribution is 2.26. The van der Waals surface area contributed by atoms with Crippen LogP contribution in [0.15, 0.2) is 35.2 Å². The van der Waals surface area contributed by atoms with Gasteiger partial charge in [-0.15, -0.1) is 0 Å². The first-order valence-corrected chi connectivity index (χ1v) is 8.40. The van der Waals surface area contributed by atoms with Crippen LogP contribution in [0, 0.1) is 12.8 Å². The number of aryl methyl sites for hydroxylation is 1. The molecule has 1 aromatic rings. The number of carbonyl (C=O) groups is 1. The molecule has 0 radical (unpaired) electrons. The number of aliphatic hydroxyl groups excluding tert-OH is 1. The van der Waals surface area contributed by atoms with E-state index in [-0.39, 0.29) is 12.4 Å². The average Bonchev–Trinajstić information content (AvgIpc) is 2.57. The van der Waals surface area contributed by atoms with Crippen molar-refractivity contribution in [1.29, 1.82) is 0 Å². The molecule has 1 saturated carbocycles. The third-order valence-electron chi connectivity index (χ3n) is 4.23. The molecular formula is C19H25NO5. The fourth-order valence-electron chi connectivity index (χ4n) is 2.36. The van der Waals surface area contributed by atoms with E-state index in [2.05, 4.69) is 9.89 Å². The van der Waals surface area contributed by atoms with E-state index in [1.54, 1.807) is 6.07 Å². The van der Waals surface area contributed by atoms with E-state index in [1.165, 1.54) is 32.4 Å². The van der Waals surface area contributed by atoms with Crippen LogP contribution in [0.4, 0.5) is 0 Å². The van der Waals surface area contributed by atoms with Gasteiger partial charge in [0.05, 0.1) is 19.4 Å². The molecular weight excluding hydrogens is 322 g/mol. The lowest BCUT2D eigenvalue weighted by molar-refractivity contribution is -0.138. The molecule has 1 aliphatic carbocycles. The van der Waals surface area contributed by atoms with Crippen molar-refractivity contribution in [3.8, 4) is 5.75 Å². The molecule has 0 spiro atoms. The zero-order chi connectivity index (χ0) is 18.2. The van der Waals surface area contributed by atoms with Gasteiger partial charge in [0.25, 0.3) is 0 Å². The maximum Gasteiger partial charge on any atom is 0.373 e. The molecule has 0 bridgehead atoms. The van der Waals surface area contributed by atoms with Crippen molar-refractivity contribution >= 4 is 11.7 Å². The van der Waals surface area contributed by atoms with Gasteiger partial charge in [0, 0.05) is 5.56 Å². The molecule has 0 unspecified atom stereocenters. The number of ether oxygens (including phenoxy) is 2. The lowest BCUT2D eigenvalue weighted by Gasteiger charge is -2.23. The summed E-state index contributed by atoms with van der Waals surface area (Å²) in [5, 5.41) is 13.2. The van der Waals surface area contributed by atoms with Gasteiger partial charge in [0.1, 0.15) is 12.4 Å². The van der Waals surface area contributed by atoms with E-state index < -0.39 is 5.97 Å². The highest BCUT2D eigenvalue weighted by atomic mass is 16.6. The topological polar surface area (TPSA) is 77.4 Å². The quantitative estimate of drug-likeness (QED) is 0.257. The first-order chi connectivity index (χ1) is 12.0. The maximum atomic E-state index is 11.7. The molecule has 136 valence electrons. The van der Waals surface area contributed by atoms with Crippen molar-refractivity contribution in [2.75, 3.05) is 20.3 Å². The van der Waals surface area contributed by atoms with E-state index in [0.717, 1.165) is 16.8 Å². The maximum absolute atomic E-state index is 11.7. The summed E-state index contributed by atoms with van der Waals surface area (Å²) >= 11 is 0. The van der Waals surface area contributed by atoms with Crippen molar-refractivity contribution < 1.29 is 24.2 Å². The molecule has 0 amide bonds. The summed E-state index contributed by atoms with van der Waals surface area (Å²) in [6.07, 6.45) is 4.97. The van der Waals surface area contributed by atoms with Crippen LogP contribution in [0.3, 0.4) is 0 Å². The summed E-state index contributed by atoms with van der Waals surface area (Å²) in [6, 6.07) is 5.58. The van der Waals surface area contributed by atoms with Crippen LogP contribution in [0.5, 0.6) is 5.75 Å². The number of hydrogen-bond donors (Lipinski definition) is 1. The SMILES string of the molecule is COC(=O)/C(=C/CO)Oc1cc(/C(C)=N/OCC2CCC2)ccc1C. The lowest BCUT2D eigenvalue weighted by atomic mass is 9.86. The molecule has 0 aromatic heterocycles. The third-order valence-corrected chi connectivity index (χ3v) is 4.23. The summed E-state index contributed by atoms with van der Waals surface area (Å²) in [7, 11) is 1.26.